The predicted octanol–water partition coefficient (Wildman–Crippen LogP) is 4.55. The third kappa shape index (κ3) is 3.06. The molecule has 0 spiro atoms. The van der Waals surface area contributed by atoms with Crippen LogP contribution >= 0.6 is 11.6 Å². The minimum absolute atomic E-state index is 0.00907. The van der Waals surface area contributed by atoms with Crippen LogP contribution in [0.25, 0.3) is 33.5 Å². The van der Waals surface area contributed by atoms with Crippen molar-refractivity contribution in [2.75, 3.05) is 0 Å². The lowest BCUT2D eigenvalue weighted by Crippen LogP contribution is -2.00. The second-order valence-electron chi connectivity index (χ2n) is 5.97. The number of aromatic carboxylic acids is 1. The molecule has 4 rings (SSSR count). The second-order valence-corrected chi connectivity index (χ2v) is 6.41. The number of nitro groups is 1. The molecule has 0 atom stereocenters. The highest BCUT2D eigenvalue weighted by Crippen LogP contribution is 2.32. The Hall–Kier alpha value is -3.78. The molecule has 0 amide bonds. The zero-order valence-corrected chi connectivity index (χ0v) is 14.8. The molecule has 0 fully saturated rings. The third-order valence-corrected chi connectivity index (χ3v) is 4.49. The van der Waals surface area contributed by atoms with Crippen LogP contribution in [-0.4, -0.2) is 31.2 Å². The summed E-state index contributed by atoms with van der Waals surface area (Å²) in [5.41, 5.74) is 2.00. The fourth-order valence-corrected chi connectivity index (χ4v) is 3.07. The fraction of sp³-hybridized carbons (Fsp3) is 0. The summed E-state index contributed by atoms with van der Waals surface area (Å²) in [6, 6.07) is 14.1. The summed E-state index contributed by atoms with van der Waals surface area (Å²) in [7, 11) is 0. The average Bonchev–Trinajstić information content (AvgIpc) is 3.12. The number of nitro benzene ring substituents is 1. The number of aromatic amines is 1. The molecule has 2 heterocycles. The number of H-pyrrole nitrogens is 1. The van der Waals surface area contributed by atoms with Gasteiger partial charge in [-0.05, 0) is 18.2 Å². The predicted molar refractivity (Wildman–Crippen MR) is 103 cm³/mol. The van der Waals surface area contributed by atoms with Gasteiger partial charge in [-0.1, -0.05) is 35.9 Å². The summed E-state index contributed by atoms with van der Waals surface area (Å²) in [5.74, 6) is -1.16. The van der Waals surface area contributed by atoms with Gasteiger partial charge in [0, 0.05) is 28.3 Å². The number of halogens is 1. The molecule has 138 valence electrons. The number of carboxylic acid groups (broad SMARTS) is 1. The van der Waals surface area contributed by atoms with Gasteiger partial charge in [0.15, 0.2) is 5.65 Å². The largest absolute Gasteiger partial charge is 0.478 e. The van der Waals surface area contributed by atoms with Gasteiger partial charge in [0.25, 0.3) is 5.69 Å². The van der Waals surface area contributed by atoms with E-state index < -0.39 is 10.9 Å². The molecule has 0 saturated heterocycles. The quantitative estimate of drug-likeness (QED) is 0.386. The van der Waals surface area contributed by atoms with Gasteiger partial charge in [-0.3, -0.25) is 15.2 Å². The molecule has 0 aliphatic rings. The first kappa shape index (κ1) is 17.6. The van der Waals surface area contributed by atoms with Crippen molar-refractivity contribution < 1.29 is 14.8 Å². The Morgan fingerprint density at radius 1 is 1.11 bits per heavy atom. The van der Waals surface area contributed by atoms with Crippen LogP contribution in [0, 0.1) is 10.1 Å². The third-order valence-electron chi connectivity index (χ3n) is 4.24. The summed E-state index contributed by atoms with van der Waals surface area (Å²) in [6.45, 7) is 0. The summed E-state index contributed by atoms with van der Waals surface area (Å²) in [5, 5.41) is 28.6. The first-order chi connectivity index (χ1) is 13.4. The van der Waals surface area contributed by atoms with Crippen LogP contribution < -0.4 is 0 Å². The standard InChI is InChI=1S/C19H11ClN4O4/c20-12-6-4-10(5-7-12)17-16-14(19(25)26)9-15(21-18(16)23-22-17)11-2-1-3-13(8-11)24(27)28/h1-9H,(H,25,26)(H,21,22,23). The smallest absolute Gasteiger partial charge is 0.336 e. The van der Waals surface area contributed by atoms with Gasteiger partial charge in [-0.15, -0.1) is 0 Å². The molecule has 28 heavy (non-hydrogen) atoms. The van der Waals surface area contributed by atoms with E-state index in [4.69, 9.17) is 11.6 Å². The molecule has 2 aromatic carbocycles. The zero-order valence-electron chi connectivity index (χ0n) is 14.1. The summed E-state index contributed by atoms with van der Waals surface area (Å²) < 4.78 is 0. The maximum absolute atomic E-state index is 11.9. The number of fused-ring (bicyclic) bond motifs is 1. The molecule has 0 radical (unpaired) electrons. The van der Waals surface area contributed by atoms with Crippen LogP contribution in [0.4, 0.5) is 5.69 Å². The normalized spacial score (nSPS) is 10.9. The van der Waals surface area contributed by atoms with E-state index in [2.05, 4.69) is 15.2 Å². The van der Waals surface area contributed by atoms with Crippen molar-refractivity contribution in [2.45, 2.75) is 0 Å². The highest BCUT2D eigenvalue weighted by molar-refractivity contribution is 6.30. The van der Waals surface area contributed by atoms with E-state index in [1.807, 2.05) is 0 Å². The van der Waals surface area contributed by atoms with Gasteiger partial charge in [0.2, 0.25) is 0 Å². The molecule has 0 aliphatic heterocycles. The summed E-state index contributed by atoms with van der Waals surface area (Å²) >= 11 is 5.92. The molecular formula is C19H11ClN4O4. The second kappa shape index (κ2) is 6.75. The first-order valence-corrected chi connectivity index (χ1v) is 8.45. The zero-order chi connectivity index (χ0) is 19.8. The number of nitrogens with one attached hydrogen (secondary N) is 1. The van der Waals surface area contributed by atoms with E-state index in [0.717, 1.165) is 0 Å². The van der Waals surface area contributed by atoms with Crippen molar-refractivity contribution in [3.8, 4) is 22.5 Å². The molecule has 2 aromatic heterocycles. The lowest BCUT2D eigenvalue weighted by molar-refractivity contribution is -0.384. The Morgan fingerprint density at radius 2 is 1.86 bits per heavy atom. The molecule has 0 aliphatic carbocycles. The van der Waals surface area contributed by atoms with Gasteiger partial charge in [0.05, 0.1) is 27.3 Å². The molecule has 4 aromatic rings. The van der Waals surface area contributed by atoms with E-state index in [1.54, 1.807) is 30.3 Å². The number of nitrogens with zero attached hydrogens (tertiary/aromatic N) is 3. The van der Waals surface area contributed by atoms with Gasteiger partial charge >= 0.3 is 5.97 Å². The Kier molecular flexibility index (Phi) is 4.25. The number of aromatic nitrogens is 3. The minimum Gasteiger partial charge on any atom is -0.478 e. The molecule has 0 unspecified atom stereocenters. The van der Waals surface area contributed by atoms with Crippen molar-refractivity contribution in [3.05, 3.63) is 75.3 Å². The number of non-ortho nitro benzene ring substituents is 1. The van der Waals surface area contributed by atoms with Crippen molar-refractivity contribution in [1.82, 2.24) is 15.2 Å². The number of carbonyl (C=O) groups is 1. The lowest BCUT2D eigenvalue weighted by Gasteiger charge is -2.06. The van der Waals surface area contributed by atoms with Crippen molar-refractivity contribution in [3.63, 3.8) is 0 Å². The van der Waals surface area contributed by atoms with Crippen LogP contribution in [0.1, 0.15) is 10.4 Å². The Labute approximate surface area is 162 Å². The molecule has 0 saturated carbocycles. The number of hydrogen-bond acceptors (Lipinski definition) is 5. The van der Waals surface area contributed by atoms with E-state index in [0.29, 0.717) is 27.2 Å². The fourth-order valence-electron chi connectivity index (χ4n) is 2.94. The molecule has 2 N–H and O–H groups in total. The Morgan fingerprint density at radius 3 is 2.54 bits per heavy atom. The highest BCUT2D eigenvalue weighted by atomic mass is 35.5. The van der Waals surface area contributed by atoms with Gasteiger partial charge < -0.3 is 5.11 Å². The van der Waals surface area contributed by atoms with Crippen molar-refractivity contribution >= 4 is 34.3 Å². The number of carboxylic acids is 1. The number of pyridine rings is 1. The molecular weight excluding hydrogens is 384 g/mol. The maximum Gasteiger partial charge on any atom is 0.336 e. The van der Waals surface area contributed by atoms with Gasteiger partial charge in [-0.25, -0.2) is 9.78 Å². The van der Waals surface area contributed by atoms with Crippen molar-refractivity contribution in [1.29, 1.82) is 0 Å². The maximum atomic E-state index is 11.9. The Bertz CT molecular complexity index is 1230. The molecule has 8 nitrogen and oxygen atoms in total. The van der Waals surface area contributed by atoms with Crippen LogP contribution in [0.3, 0.4) is 0 Å². The minimum atomic E-state index is -1.16. The highest BCUT2D eigenvalue weighted by Gasteiger charge is 2.20. The number of benzene rings is 2. The number of hydrogen-bond donors (Lipinski definition) is 2. The lowest BCUT2D eigenvalue weighted by atomic mass is 10.0. The SMILES string of the molecule is O=C(O)c1cc(-c2cccc([N+](=O)[O-])c2)nc2n[nH]c(-c3ccc(Cl)cc3)c12. The van der Waals surface area contributed by atoms with Gasteiger partial charge in [0.1, 0.15) is 0 Å². The average molecular weight is 395 g/mol. The van der Waals surface area contributed by atoms with E-state index in [1.165, 1.54) is 24.3 Å². The first-order valence-electron chi connectivity index (χ1n) is 8.07. The van der Waals surface area contributed by atoms with E-state index in [9.17, 15) is 20.0 Å². The van der Waals surface area contributed by atoms with Gasteiger partial charge in [-0.2, -0.15) is 5.10 Å². The summed E-state index contributed by atoms with van der Waals surface area (Å²) in [6.07, 6.45) is 0. The van der Waals surface area contributed by atoms with Crippen LogP contribution in [0.5, 0.6) is 0 Å². The van der Waals surface area contributed by atoms with E-state index >= 15 is 0 Å². The van der Waals surface area contributed by atoms with E-state index in [-0.39, 0.29) is 22.6 Å². The van der Waals surface area contributed by atoms with Crippen molar-refractivity contribution in [2.24, 2.45) is 0 Å². The molecule has 0 bridgehead atoms. The molecule has 9 heteroatoms. The van der Waals surface area contributed by atoms with Crippen LogP contribution in [0.15, 0.2) is 54.6 Å². The topological polar surface area (TPSA) is 122 Å². The number of rotatable bonds is 4. The Balaban J connectivity index is 1.93. The summed E-state index contributed by atoms with van der Waals surface area (Å²) in [4.78, 5) is 26.8. The monoisotopic (exact) mass is 394 g/mol. The van der Waals surface area contributed by atoms with Crippen LogP contribution in [0.2, 0.25) is 5.02 Å². The van der Waals surface area contributed by atoms with Crippen LogP contribution in [-0.2, 0) is 0 Å².